The number of nitrogens with two attached hydrogens (primary N) is 1. The van der Waals surface area contributed by atoms with Gasteiger partial charge in [0, 0.05) is 5.69 Å². The quantitative estimate of drug-likeness (QED) is 0.319. The number of nitrogens with zero attached hydrogens (tertiary/aromatic N) is 1. The number of oxazole rings is 1. The third kappa shape index (κ3) is 1.91. The van der Waals surface area contributed by atoms with E-state index in [4.69, 9.17) is 10.2 Å². The molecule has 0 radical (unpaired) electrons. The maximum atomic E-state index is 13.8. The maximum absolute atomic E-state index is 13.8. The average molecular weight is 314 g/mol. The molecule has 3 nitrogen and oxygen atoms in total. The van der Waals surface area contributed by atoms with Gasteiger partial charge in [-0.3, -0.25) is 0 Å². The maximum Gasteiger partial charge on any atom is 0.233 e. The van der Waals surface area contributed by atoms with E-state index < -0.39 is 40.5 Å². The minimum absolute atomic E-state index is 0.146. The zero-order chi connectivity index (χ0) is 16.2. The monoisotopic (exact) mass is 314 g/mol. The molecule has 2 N–H and O–H groups in total. The molecule has 1 aromatic heterocycles. The number of halogens is 5. The predicted molar refractivity (Wildman–Crippen MR) is 68.4 cm³/mol. The molecule has 1 heterocycles. The van der Waals surface area contributed by atoms with E-state index in [1.807, 2.05) is 0 Å². The van der Waals surface area contributed by atoms with Crippen LogP contribution in [0.2, 0.25) is 0 Å². The Morgan fingerprint density at radius 3 is 2.05 bits per heavy atom. The SMILES string of the molecule is Cc1cc(N)cc2nc(-c3c(F)c(F)c(F)c(F)c3F)oc12. The second-order valence-electron chi connectivity index (χ2n) is 4.65. The van der Waals surface area contributed by atoms with Crippen LogP contribution in [0.3, 0.4) is 0 Å². The number of hydrogen-bond donors (Lipinski definition) is 1. The summed E-state index contributed by atoms with van der Waals surface area (Å²) in [7, 11) is 0. The number of fused-ring (bicyclic) bond motifs is 1. The van der Waals surface area contributed by atoms with Crippen LogP contribution in [0.25, 0.3) is 22.6 Å². The van der Waals surface area contributed by atoms with Gasteiger partial charge in [0.05, 0.1) is 0 Å². The first-order valence-electron chi connectivity index (χ1n) is 5.99. The van der Waals surface area contributed by atoms with Crippen LogP contribution in [0.4, 0.5) is 27.6 Å². The van der Waals surface area contributed by atoms with Crippen molar-refractivity contribution in [3.63, 3.8) is 0 Å². The Labute approximate surface area is 120 Å². The number of nitrogen functional groups attached to an aromatic ring is 1. The molecule has 3 aromatic rings. The first kappa shape index (κ1) is 14.3. The Kier molecular flexibility index (Phi) is 3.05. The smallest absolute Gasteiger partial charge is 0.233 e. The number of benzene rings is 2. The Morgan fingerprint density at radius 1 is 0.909 bits per heavy atom. The van der Waals surface area contributed by atoms with Crippen molar-refractivity contribution in [3.05, 3.63) is 46.8 Å². The van der Waals surface area contributed by atoms with Crippen molar-refractivity contribution in [2.75, 3.05) is 5.73 Å². The van der Waals surface area contributed by atoms with Crippen LogP contribution in [0.15, 0.2) is 16.5 Å². The molecule has 0 spiro atoms. The first-order valence-corrected chi connectivity index (χ1v) is 5.99. The molecule has 0 bridgehead atoms. The summed E-state index contributed by atoms with van der Waals surface area (Å²) in [5, 5.41) is 0. The fraction of sp³-hybridized carbons (Fsp3) is 0.0714. The predicted octanol–water partition coefficient (Wildman–Crippen LogP) is 4.08. The first-order chi connectivity index (χ1) is 10.3. The van der Waals surface area contributed by atoms with Crippen molar-refractivity contribution < 1.29 is 26.4 Å². The van der Waals surface area contributed by atoms with E-state index in [-0.39, 0.29) is 11.1 Å². The van der Waals surface area contributed by atoms with E-state index in [1.54, 1.807) is 6.92 Å². The third-order valence-corrected chi connectivity index (χ3v) is 3.12. The molecule has 0 amide bonds. The molecule has 0 saturated heterocycles. The van der Waals surface area contributed by atoms with E-state index in [0.29, 0.717) is 11.3 Å². The van der Waals surface area contributed by atoms with Gasteiger partial charge in [-0.1, -0.05) is 0 Å². The molecule has 0 aliphatic heterocycles. The van der Waals surface area contributed by atoms with E-state index in [9.17, 15) is 22.0 Å². The molecule has 0 fully saturated rings. The van der Waals surface area contributed by atoms with Gasteiger partial charge < -0.3 is 10.2 Å². The fourth-order valence-electron chi connectivity index (χ4n) is 2.13. The van der Waals surface area contributed by atoms with Gasteiger partial charge in [0.2, 0.25) is 11.7 Å². The molecule has 2 aromatic carbocycles. The van der Waals surface area contributed by atoms with Crippen LogP contribution in [-0.2, 0) is 0 Å². The Morgan fingerprint density at radius 2 is 1.45 bits per heavy atom. The lowest BCUT2D eigenvalue weighted by Gasteiger charge is -2.04. The summed E-state index contributed by atoms with van der Waals surface area (Å²) in [5.41, 5.74) is 5.51. The average Bonchev–Trinajstić information content (AvgIpc) is 2.87. The number of anilines is 1. The molecule has 3 rings (SSSR count). The number of hydrogen-bond acceptors (Lipinski definition) is 3. The summed E-state index contributed by atoms with van der Waals surface area (Å²) in [4.78, 5) is 3.76. The topological polar surface area (TPSA) is 52.0 Å². The molecule has 0 atom stereocenters. The van der Waals surface area contributed by atoms with E-state index in [1.165, 1.54) is 12.1 Å². The summed E-state index contributed by atoms with van der Waals surface area (Å²) in [6.07, 6.45) is 0. The van der Waals surface area contributed by atoms with Gasteiger partial charge in [0.25, 0.3) is 0 Å². The Bertz CT molecular complexity index is 890. The molecule has 8 heteroatoms. The number of rotatable bonds is 1. The van der Waals surface area contributed by atoms with Gasteiger partial charge in [-0.05, 0) is 24.6 Å². The van der Waals surface area contributed by atoms with Crippen LogP contribution in [0.5, 0.6) is 0 Å². The summed E-state index contributed by atoms with van der Waals surface area (Å²) in [6.45, 7) is 1.60. The van der Waals surface area contributed by atoms with E-state index >= 15 is 0 Å². The number of aromatic nitrogens is 1. The van der Waals surface area contributed by atoms with Gasteiger partial charge in [-0.25, -0.2) is 26.9 Å². The summed E-state index contributed by atoms with van der Waals surface area (Å²) in [5.74, 6) is -11.1. The minimum atomic E-state index is -2.24. The second kappa shape index (κ2) is 4.69. The molecule has 114 valence electrons. The van der Waals surface area contributed by atoms with E-state index in [2.05, 4.69) is 4.98 Å². The summed E-state index contributed by atoms with van der Waals surface area (Å²) in [6, 6.07) is 2.89. The highest BCUT2D eigenvalue weighted by atomic mass is 19.2. The van der Waals surface area contributed by atoms with Gasteiger partial charge in [0.1, 0.15) is 11.1 Å². The highest BCUT2D eigenvalue weighted by Crippen LogP contribution is 2.34. The normalized spacial score (nSPS) is 11.4. The van der Waals surface area contributed by atoms with Crippen LogP contribution in [0, 0.1) is 36.0 Å². The van der Waals surface area contributed by atoms with Gasteiger partial charge in [0.15, 0.2) is 28.9 Å². The van der Waals surface area contributed by atoms with Crippen molar-refractivity contribution in [1.82, 2.24) is 4.98 Å². The lowest BCUT2D eigenvalue weighted by atomic mass is 10.1. The fourth-order valence-corrected chi connectivity index (χ4v) is 2.13. The standard InChI is InChI=1S/C14H7F5N2O/c1-4-2-5(20)3-6-13(4)22-14(21-6)7-8(15)10(17)12(19)11(18)9(7)16/h2-3H,20H2,1H3. The second-order valence-corrected chi connectivity index (χ2v) is 4.65. The van der Waals surface area contributed by atoms with Crippen LogP contribution in [-0.4, -0.2) is 4.98 Å². The molecule has 0 saturated carbocycles. The largest absolute Gasteiger partial charge is 0.436 e. The van der Waals surface area contributed by atoms with Gasteiger partial charge >= 0.3 is 0 Å². The van der Waals surface area contributed by atoms with E-state index in [0.717, 1.165) is 0 Å². The molecular weight excluding hydrogens is 307 g/mol. The minimum Gasteiger partial charge on any atom is -0.436 e. The van der Waals surface area contributed by atoms with Crippen molar-refractivity contribution in [2.24, 2.45) is 0 Å². The van der Waals surface area contributed by atoms with Crippen LogP contribution >= 0.6 is 0 Å². The highest BCUT2D eigenvalue weighted by Gasteiger charge is 2.29. The van der Waals surface area contributed by atoms with Gasteiger partial charge in [-0.15, -0.1) is 0 Å². The van der Waals surface area contributed by atoms with Crippen LogP contribution < -0.4 is 5.73 Å². The van der Waals surface area contributed by atoms with Crippen LogP contribution in [0.1, 0.15) is 5.56 Å². The third-order valence-electron chi connectivity index (χ3n) is 3.12. The summed E-state index contributed by atoms with van der Waals surface area (Å²) < 4.78 is 72.2. The van der Waals surface area contributed by atoms with Crippen molar-refractivity contribution in [3.8, 4) is 11.5 Å². The molecule has 0 aliphatic carbocycles. The Hall–Kier alpha value is -2.64. The van der Waals surface area contributed by atoms with Crippen molar-refractivity contribution >= 4 is 16.8 Å². The zero-order valence-electron chi connectivity index (χ0n) is 11.0. The Balaban J connectivity index is 2.35. The lowest BCUT2D eigenvalue weighted by Crippen LogP contribution is -2.04. The molecule has 0 aliphatic rings. The molecular formula is C14H7F5N2O. The molecule has 0 unspecified atom stereocenters. The van der Waals surface area contributed by atoms with Crippen molar-refractivity contribution in [2.45, 2.75) is 6.92 Å². The summed E-state index contributed by atoms with van der Waals surface area (Å²) >= 11 is 0. The molecule has 22 heavy (non-hydrogen) atoms. The zero-order valence-corrected chi connectivity index (χ0v) is 11.0. The van der Waals surface area contributed by atoms with Crippen molar-refractivity contribution in [1.29, 1.82) is 0 Å². The highest BCUT2D eigenvalue weighted by molar-refractivity contribution is 5.82. The lowest BCUT2D eigenvalue weighted by molar-refractivity contribution is 0.379. The van der Waals surface area contributed by atoms with Gasteiger partial charge in [-0.2, -0.15) is 0 Å². The number of aryl methyl sites for hydroxylation is 1.